The lowest BCUT2D eigenvalue weighted by Crippen LogP contribution is -2.26. The minimum Gasteiger partial charge on any atom is -0.370 e. The molecule has 1 aromatic carbocycles. The Labute approximate surface area is 141 Å². The Balaban J connectivity index is 2.54. The number of nitrogens with zero attached hydrogens (tertiary/aromatic N) is 2. The highest BCUT2D eigenvalue weighted by Gasteiger charge is 2.14. The average Bonchev–Trinajstić information content (AvgIpc) is 2.52. The van der Waals surface area contributed by atoms with Crippen LogP contribution in [-0.4, -0.2) is 31.0 Å². The van der Waals surface area contributed by atoms with E-state index in [0.717, 1.165) is 11.3 Å². The van der Waals surface area contributed by atoms with Gasteiger partial charge in [0.2, 0.25) is 0 Å². The number of anilines is 1. The summed E-state index contributed by atoms with van der Waals surface area (Å²) in [6.07, 6.45) is 2.77. The smallest absolute Gasteiger partial charge is 0.287 e. The van der Waals surface area contributed by atoms with Gasteiger partial charge in [-0.05, 0) is 55.8 Å². The summed E-state index contributed by atoms with van der Waals surface area (Å²) in [4.78, 5) is 6.37. The van der Waals surface area contributed by atoms with Crippen molar-refractivity contribution in [3.8, 4) is 11.3 Å². The molecule has 5 nitrogen and oxygen atoms in total. The minimum atomic E-state index is -4.20. The molecule has 24 heavy (non-hydrogen) atoms. The molecule has 0 saturated carbocycles. The predicted octanol–water partition coefficient (Wildman–Crippen LogP) is 3.59. The normalized spacial score (nSPS) is 12.1. The van der Waals surface area contributed by atoms with E-state index in [9.17, 15) is 12.8 Å². The first-order chi connectivity index (χ1) is 11.2. The van der Waals surface area contributed by atoms with Gasteiger partial charge in [0.05, 0.1) is 16.8 Å². The summed E-state index contributed by atoms with van der Waals surface area (Å²) in [7, 11) is -2.31. The number of aromatic nitrogens is 1. The topological polar surface area (TPSA) is 70.5 Å². The molecule has 0 aliphatic heterocycles. The van der Waals surface area contributed by atoms with E-state index >= 15 is 0 Å². The molecule has 0 unspecified atom stereocenters. The van der Waals surface area contributed by atoms with Gasteiger partial charge in [-0.15, -0.1) is 0 Å². The molecule has 0 spiro atoms. The number of hydrogen-bond donors (Lipinski definition) is 1. The summed E-state index contributed by atoms with van der Waals surface area (Å²) in [5.41, 5.74) is 2.72. The Morgan fingerprint density at radius 1 is 1.25 bits per heavy atom. The first kappa shape index (κ1) is 18.1. The predicted molar refractivity (Wildman–Crippen MR) is 93.8 cm³/mol. The summed E-state index contributed by atoms with van der Waals surface area (Å²) in [5.74, 6) is -0.328. The summed E-state index contributed by atoms with van der Waals surface area (Å²) >= 11 is 0. The molecule has 128 valence electrons. The second-order valence-electron chi connectivity index (χ2n) is 5.67. The Bertz CT molecular complexity index is 847. The van der Waals surface area contributed by atoms with Crippen molar-refractivity contribution in [2.75, 3.05) is 11.9 Å². The first-order valence-electron chi connectivity index (χ1n) is 7.32. The number of pyridine rings is 1. The van der Waals surface area contributed by atoms with E-state index in [1.165, 1.54) is 24.4 Å². The van der Waals surface area contributed by atoms with E-state index < -0.39 is 10.1 Å². The second-order valence-corrected chi connectivity index (χ2v) is 6.97. The highest BCUT2D eigenvalue weighted by Crippen LogP contribution is 2.30. The maximum atomic E-state index is 13.1. The third-order valence-corrected chi connectivity index (χ3v) is 4.07. The van der Waals surface area contributed by atoms with Gasteiger partial charge in [0.25, 0.3) is 10.1 Å². The molecule has 2 rings (SSSR count). The molecule has 0 saturated heterocycles. The van der Waals surface area contributed by atoms with Crippen molar-refractivity contribution < 1.29 is 17.4 Å². The fraction of sp³-hybridized carbons (Fsp3) is 0.235. The molecule has 0 fully saturated rings. The molecule has 1 heterocycles. The zero-order valence-electron chi connectivity index (χ0n) is 13.6. The van der Waals surface area contributed by atoms with Crippen LogP contribution in [0.25, 0.3) is 17.3 Å². The van der Waals surface area contributed by atoms with Crippen LogP contribution in [0.15, 0.2) is 41.9 Å². The zero-order chi connectivity index (χ0) is 17.9. The van der Waals surface area contributed by atoms with Crippen LogP contribution in [0.2, 0.25) is 0 Å². The van der Waals surface area contributed by atoms with E-state index in [0.29, 0.717) is 16.7 Å². The quantitative estimate of drug-likeness (QED) is 0.835. The number of benzene rings is 1. The fourth-order valence-corrected chi connectivity index (χ4v) is 2.43. The van der Waals surface area contributed by atoms with Crippen LogP contribution in [0.4, 0.5) is 10.1 Å². The van der Waals surface area contributed by atoms with Crippen molar-refractivity contribution in [2.45, 2.75) is 19.9 Å². The Kier molecular flexibility index (Phi) is 5.36. The first-order valence-corrected chi connectivity index (χ1v) is 8.82. The molecular formula is C17H19FN2O3S. The van der Waals surface area contributed by atoms with Gasteiger partial charge in [-0.3, -0.25) is 9.54 Å². The Morgan fingerprint density at radius 2 is 1.88 bits per heavy atom. The van der Waals surface area contributed by atoms with E-state index in [1.807, 2.05) is 25.8 Å². The summed E-state index contributed by atoms with van der Waals surface area (Å²) in [5, 5.41) is 0.709. The van der Waals surface area contributed by atoms with Gasteiger partial charge in [0.15, 0.2) is 0 Å². The highest BCUT2D eigenvalue weighted by molar-refractivity contribution is 7.88. The van der Waals surface area contributed by atoms with Crippen molar-refractivity contribution in [3.05, 3.63) is 53.3 Å². The Morgan fingerprint density at radius 3 is 2.42 bits per heavy atom. The molecule has 0 amide bonds. The molecule has 1 aromatic heterocycles. The van der Waals surface area contributed by atoms with Crippen LogP contribution in [0.1, 0.15) is 19.4 Å². The molecule has 0 atom stereocenters. The van der Waals surface area contributed by atoms with Crippen LogP contribution in [0.5, 0.6) is 0 Å². The van der Waals surface area contributed by atoms with Crippen LogP contribution in [0.3, 0.4) is 0 Å². The third kappa shape index (κ3) is 4.62. The van der Waals surface area contributed by atoms with Crippen LogP contribution in [0, 0.1) is 5.82 Å². The van der Waals surface area contributed by atoms with Gasteiger partial charge in [0, 0.05) is 24.8 Å². The molecule has 7 heteroatoms. The molecule has 0 aliphatic rings. The van der Waals surface area contributed by atoms with E-state index in [2.05, 4.69) is 4.98 Å². The minimum absolute atomic E-state index is 0.173. The third-order valence-electron chi connectivity index (χ3n) is 3.59. The van der Waals surface area contributed by atoms with Gasteiger partial charge in [-0.25, -0.2) is 4.39 Å². The van der Waals surface area contributed by atoms with E-state index in [1.54, 1.807) is 18.2 Å². The molecule has 2 aromatic rings. The number of rotatable bonds is 5. The molecule has 0 radical (unpaired) electrons. The van der Waals surface area contributed by atoms with Gasteiger partial charge in [-0.2, -0.15) is 8.42 Å². The van der Waals surface area contributed by atoms with Crippen molar-refractivity contribution in [1.82, 2.24) is 4.98 Å². The zero-order valence-corrected chi connectivity index (χ0v) is 14.5. The van der Waals surface area contributed by atoms with E-state index in [-0.39, 0.29) is 11.9 Å². The lowest BCUT2D eigenvalue weighted by Gasteiger charge is -2.26. The number of halogens is 1. The van der Waals surface area contributed by atoms with Crippen molar-refractivity contribution in [3.63, 3.8) is 0 Å². The fourth-order valence-electron chi connectivity index (χ4n) is 2.10. The average molecular weight is 350 g/mol. The van der Waals surface area contributed by atoms with Gasteiger partial charge in [0.1, 0.15) is 5.82 Å². The van der Waals surface area contributed by atoms with Crippen LogP contribution in [-0.2, 0) is 10.1 Å². The van der Waals surface area contributed by atoms with Gasteiger partial charge >= 0.3 is 0 Å². The van der Waals surface area contributed by atoms with Crippen LogP contribution < -0.4 is 4.90 Å². The van der Waals surface area contributed by atoms with Crippen molar-refractivity contribution >= 4 is 21.9 Å². The maximum Gasteiger partial charge on any atom is 0.287 e. The molecule has 1 N–H and O–H groups in total. The largest absolute Gasteiger partial charge is 0.370 e. The van der Waals surface area contributed by atoms with Crippen molar-refractivity contribution in [1.29, 1.82) is 0 Å². The molecule has 0 aliphatic carbocycles. The van der Waals surface area contributed by atoms with Gasteiger partial charge in [-0.1, -0.05) is 0 Å². The summed E-state index contributed by atoms with van der Waals surface area (Å²) < 4.78 is 43.7. The Hall–Kier alpha value is -2.25. The monoisotopic (exact) mass is 350 g/mol. The molecular weight excluding hydrogens is 331 g/mol. The SMILES string of the molecule is CC(C)N(C)c1cc(C=CS(=O)(=O)O)cnc1-c1ccc(F)cc1. The number of hydrogen-bond acceptors (Lipinski definition) is 4. The molecule has 0 bridgehead atoms. The second kappa shape index (κ2) is 7.11. The maximum absolute atomic E-state index is 13.1. The van der Waals surface area contributed by atoms with Gasteiger partial charge < -0.3 is 4.90 Å². The summed E-state index contributed by atoms with van der Waals surface area (Å²) in [6, 6.07) is 7.95. The lowest BCUT2D eigenvalue weighted by molar-refractivity contribution is 0.494. The van der Waals surface area contributed by atoms with Crippen molar-refractivity contribution in [2.24, 2.45) is 0 Å². The van der Waals surface area contributed by atoms with Crippen LogP contribution >= 0.6 is 0 Å². The van der Waals surface area contributed by atoms with E-state index in [4.69, 9.17) is 4.55 Å². The summed E-state index contributed by atoms with van der Waals surface area (Å²) in [6.45, 7) is 4.02. The highest BCUT2D eigenvalue weighted by atomic mass is 32.2. The standard InChI is InChI=1S/C17H19FN2O3S/c1-12(2)20(3)16-10-13(8-9-24(21,22)23)11-19-17(16)14-4-6-15(18)7-5-14/h4-12H,1-3H3,(H,21,22,23). The lowest BCUT2D eigenvalue weighted by atomic mass is 10.1.